The van der Waals surface area contributed by atoms with Crippen LogP contribution in [0.2, 0.25) is 0 Å². The Labute approximate surface area is 180 Å². The zero-order valence-electron chi connectivity index (χ0n) is 17.7. The number of carbonyl (C=O) groups is 1. The topological polar surface area (TPSA) is 96.5 Å². The molecule has 1 aromatic carbocycles. The van der Waals surface area contributed by atoms with Crippen LogP contribution in [0.4, 0.5) is 5.82 Å². The molecule has 1 atom stereocenters. The molecule has 2 aliphatic rings. The van der Waals surface area contributed by atoms with Crippen molar-refractivity contribution in [3.63, 3.8) is 0 Å². The molecule has 0 saturated heterocycles. The third-order valence-electron chi connectivity index (χ3n) is 5.94. The maximum absolute atomic E-state index is 13.0. The lowest BCUT2D eigenvalue weighted by molar-refractivity contribution is -0.116. The summed E-state index contributed by atoms with van der Waals surface area (Å²) in [6.45, 7) is 5.83. The standard InChI is InChI=1S/C24H22N6O/c1-13-11-14(2)27-24(26-13)30-23-20(15(3)29-30)21(17-9-7-16(12-25)8-10-17)22-18(28-23)5-4-6-19(22)31/h7-11,21,28H,4-6H2,1-3H3/t21-/m1/s1. The first-order valence-corrected chi connectivity index (χ1v) is 10.4. The third kappa shape index (κ3) is 3.12. The van der Waals surface area contributed by atoms with Crippen LogP contribution in [0.25, 0.3) is 5.95 Å². The van der Waals surface area contributed by atoms with E-state index in [0.717, 1.165) is 58.1 Å². The van der Waals surface area contributed by atoms with Gasteiger partial charge in [0.2, 0.25) is 0 Å². The van der Waals surface area contributed by atoms with Gasteiger partial charge in [-0.3, -0.25) is 4.79 Å². The summed E-state index contributed by atoms with van der Waals surface area (Å²) in [6, 6.07) is 11.6. The number of allylic oxidation sites excluding steroid dienone is 2. The highest BCUT2D eigenvalue weighted by Gasteiger charge is 2.39. The number of hydrogen-bond acceptors (Lipinski definition) is 6. The summed E-state index contributed by atoms with van der Waals surface area (Å²) in [7, 11) is 0. The molecule has 2 aromatic heterocycles. The summed E-state index contributed by atoms with van der Waals surface area (Å²) < 4.78 is 1.75. The molecule has 0 saturated carbocycles. The van der Waals surface area contributed by atoms with Crippen LogP contribution in [-0.4, -0.2) is 25.5 Å². The number of hydrogen-bond donors (Lipinski definition) is 1. The fraction of sp³-hybridized carbons (Fsp3) is 0.292. The van der Waals surface area contributed by atoms with Crippen LogP contribution in [0.15, 0.2) is 41.6 Å². The zero-order valence-corrected chi connectivity index (χ0v) is 17.7. The van der Waals surface area contributed by atoms with Crippen molar-refractivity contribution in [3.05, 3.63) is 75.4 Å². The number of fused-ring (bicyclic) bond motifs is 1. The van der Waals surface area contributed by atoms with Crippen LogP contribution >= 0.6 is 0 Å². The van der Waals surface area contributed by atoms with E-state index in [-0.39, 0.29) is 11.7 Å². The predicted molar refractivity (Wildman–Crippen MR) is 116 cm³/mol. The smallest absolute Gasteiger partial charge is 0.252 e. The Balaban J connectivity index is 1.74. The Morgan fingerprint density at radius 3 is 2.48 bits per heavy atom. The second-order valence-electron chi connectivity index (χ2n) is 8.17. The van der Waals surface area contributed by atoms with E-state index in [0.29, 0.717) is 17.9 Å². The molecule has 1 aliphatic carbocycles. The molecule has 0 fully saturated rings. The Morgan fingerprint density at radius 1 is 1.10 bits per heavy atom. The molecule has 7 heteroatoms. The van der Waals surface area contributed by atoms with Crippen LogP contribution < -0.4 is 5.32 Å². The fourth-order valence-corrected chi connectivity index (χ4v) is 4.65. The number of anilines is 1. The number of benzene rings is 1. The molecule has 0 radical (unpaired) electrons. The van der Waals surface area contributed by atoms with Crippen LogP contribution in [0, 0.1) is 32.1 Å². The van der Waals surface area contributed by atoms with E-state index in [4.69, 9.17) is 5.10 Å². The SMILES string of the molecule is Cc1cc(C)nc(-n2nc(C)c3c2NC2=C(C(=O)CCC2)[C@@H]3c2ccc(C#N)cc2)n1. The number of aryl methyl sites for hydroxylation is 3. The van der Waals surface area contributed by atoms with Gasteiger partial charge in [0.25, 0.3) is 5.95 Å². The number of Topliss-reactive ketones (excluding diaryl/α,β-unsaturated/α-hetero) is 1. The number of aromatic nitrogens is 4. The van der Waals surface area contributed by atoms with Gasteiger partial charge in [-0.1, -0.05) is 12.1 Å². The summed E-state index contributed by atoms with van der Waals surface area (Å²) in [6.07, 6.45) is 2.19. The van der Waals surface area contributed by atoms with Gasteiger partial charge in [-0.15, -0.1) is 0 Å². The summed E-state index contributed by atoms with van der Waals surface area (Å²) >= 11 is 0. The average Bonchev–Trinajstić information content (AvgIpc) is 3.08. The third-order valence-corrected chi connectivity index (χ3v) is 5.94. The molecule has 0 bridgehead atoms. The Hall–Kier alpha value is -3.79. The molecule has 3 heterocycles. The summed E-state index contributed by atoms with van der Waals surface area (Å²) in [5, 5.41) is 17.5. The van der Waals surface area contributed by atoms with E-state index in [9.17, 15) is 10.1 Å². The first-order chi connectivity index (χ1) is 15.0. The molecule has 31 heavy (non-hydrogen) atoms. The van der Waals surface area contributed by atoms with Gasteiger partial charge in [0.15, 0.2) is 5.78 Å². The minimum atomic E-state index is -0.230. The highest BCUT2D eigenvalue weighted by molar-refractivity contribution is 6.01. The van der Waals surface area contributed by atoms with Crippen molar-refractivity contribution in [2.45, 2.75) is 46.0 Å². The van der Waals surface area contributed by atoms with E-state index < -0.39 is 0 Å². The normalized spacial score (nSPS) is 17.6. The van der Waals surface area contributed by atoms with Gasteiger partial charge in [-0.25, -0.2) is 9.97 Å². The van der Waals surface area contributed by atoms with Gasteiger partial charge in [-0.2, -0.15) is 15.0 Å². The van der Waals surface area contributed by atoms with Crippen molar-refractivity contribution in [1.29, 1.82) is 5.26 Å². The number of rotatable bonds is 2. The average molecular weight is 410 g/mol. The molecule has 0 amide bonds. The molecule has 7 nitrogen and oxygen atoms in total. The molecule has 1 N–H and O–H groups in total. The van der Waals surface area contributed by atoms with Gasteiger partial charge >= 0.3 is 0 Å². The lowest BCUT2D eigenvalue weighted by atomic mass is 9.76. The van der Waals surface area contributed by atoms with E-state index in [1.165, 1.54) is 0 Å². The quantitative estimate of drug-likeness (QED) is 0.685. The van der Waals surface area contributed by atoms with Gasteiger partial charge in [0.05, 0.1) is 17.3 Å². The molecular formula is C24H22N6O. The molecule has 1 aliphatic heterocycles. The van der Waals surface area contributed by atoms with Crippen molar-refractivity contribution in [1.82, 2.24) is 19.7 Å². The summed E-state index contributed by atoms with van der Waals surface area (Å²) in [5.74, 6) is 1.26. The van der Waals surface area contributed by atoms with Crippen LogP contribution in [0.5, 0.6) is 0 Å². The van der Waals surface area contributed by atoms with Gasteiger partial charge in [0, 0.05) is 40.6 Å². The minimum Gasteiger partial charge on any atom is -0.343 e. The number of nitriles is 1. The van der Waals surface area contributed by atoms with Crippen molar-refractivity contribution in [3.8, 4) is 12.0 Å². The lowest BCUT2D eigenvalue weighted by Gasteiger charge is -2.32. The molecule has 154 valence electrons. The second-order valence-corrected chi connectivity index (χ2v) is 8.17. The maximum Gasteiger partial charge on any atom is 0.252 e. The van der Waals surface area contributed by atoms with Crippen molar-refractivity contribution in [2.24, 2.45) is 0 Å². The maximum atomic E-state index is 13.0. The fourth-order valence-electron chi connectivity index (χ4n) is 4.65. The first kappa shape index (κ1) is 19.2. The van der Waals surface area contributed by atoms with Crippen molar-refractivity contribution in [2.75, 3.05) is 5.32 Å². The van der Waals surface area contributed by atoms with Crippen LogP contribution in [-0.2, 0) is 4.79 Å². The summed E-state index contributed by atoms with van der Waals surface area (Å²) in [5.41, 5.74) is 6.86. The minimum absolute atomic E-state index is 0.170. The van der Waals surface area contributed by atoms with E-state index >= 15 is 0 Å². The van der Waals surface area contributed by atoms with E-state index in [1.54, 1.807) is 16.8 Å². The molecule has 0 spiro atoms. The first-order valence-electron chi connectivity index (χ1n) is 10.4. The summed E-state index contributed by atoms with van der Waals surface area (Å²) in [4.78, 5) is 22.2. The number of nitrogens with one attached hydrogen (secondary N) is 1. The molecule has 5 rings (SSSR count). The van der Waals surface area contributed by atoms with Gasteiger partial charge in [-0.05, 0) is 57.4 Å². The van der Waals surface area contributed by atoms with E-state index in [1.807, 2.05) is 39.0 Å². The van der Waals surface area contributed by atoms with Crippen molar-refractivity contribution < 1.29 is 4.79 Å². The highest BCUT2D eigenvalue weighted by Crippen LogP contribution is 2.47. The number of nitrogens with zero attached hydrogens (tertiary/aromatic N) is 5. The number of ketones is 1. The zero-order chi connectivity index (χ0) is 21.7. The van der Waals surface area contributed by atoms with Gasteiger partial charge < -0.3 is 5.32 Å². The molecule has 0 unspecified atom stereocenters. The Kier molecular flexibility index (Phi) is 4.44. The van der Waals surface area contributed by atoms with Crippen LogP contribution in [0.3, 0.4) is 0 Å². The molecular weight excluding hydrogens is 388 g/mol. The second kappa shape index (κ2) is 7.17. The number of carbonyl (C=O) groups excluding carboxylic acids is 1. The predicted octanol–water partition coefficient (Wildman–Crippen LogP) is 4.02. The van der Waals surface area contributed by atoms with Crippen molar-refractivity contribution >= 4 is 11.6 Å². The Morgan fingerprint density at radius 2 is 1.81 bits per heavy atom. The largest absolute Gasteiger partial charge is 0.343 e. The Bertz CT molecular complexity index is 1270. The van der Waals surface area contributed by atoms with E-state index in [2.05, 4.69) is 21.4 Å². The lowest BCUT2D eigenvalue weighted by Crippen LogP contribution is -2.27. The van der Waals surface area contributed by atoms with Gasteiger partial charge in [0.1, 0.15) is 5.82 Å². The monoisotopic (exact) mass is 410 g/mol. The molecule has 3 aromatic rings. The highest BCUT2D eigenvalue weighted by atomic mass is 16.1. The van der Waals surface area contributed by atoms with Crippen LogP contribution in [0.1, 0.15) is 59.0 Å².